The SMILES string of the molecule is CCOC(=O)c1cn(Cc2ccccc2)c2cc(C(F)(F)F)ccc2c1=O. The standard InChI is InChI=1S/C20H16F3NO3/c1-2-27-19(26)16-12-24(11-13-6-4-3-5-7-13)17-10-14(20(21,22)23)8-9-15(17)18(16)25/h3-10,12H,2,11H2,1H3. The molecule has 0 unspecified atom stereocenters. The fraction of sp³-hybridized carbons (Fsp3) is 0.200. The number of halogens is 3. The maximum atomic E-state index is 13.1. The smallest absolute Gasteiger partial charge is 0.416 e. The lowest BCUT2D eigenvalue weighted by atomic mass is 10.1. The van der Waals surface area contributed by atoms with Gasteiger partial charge in [-0.25, -0.2) is 4.79 Å². The molecule has 0 fully saturated rings. The number of nitrogens with zero attached hydrogens (tertiary/aromatic N) is 1. The molecule has 1 heterocycles. The van der Waals surface area contributed by atoms with E-state index in [0.29, 0.717) is 0 Å². The van der Waals surface area contributed by atoms with Gasteiger partial charge in [0, 0.05) is 18.1 Å². The quantitative estimate of drug-likeness (QED) is 0.641. The molecule has 0 aliphatic carbocycles. The summed E-state index contributed by atoms with van der Waals surface area (Å²) in [6, 6.07) is 11.9. The van der Waals surface area contributed by atoms with Gasteiger partial charge >= 0.3 is 12.1 Å². The number of hydrogen-bond donors (Lipinski definition) is 0. The van der Waals surface area contributed by atoms with Crippen molar-refractivity contribution in [2.75, 3.05) is 6.61 Å². The molecule has 3 rings (SSSR count). The molecule has 0 aliphatic heterocycles. The van der Waals surface area contributed by atoms with Crippen LogP contribution in [-0.4, -0.2) is 17.1 Å². The van der Waals surface area contributed by atoms with Gasteiger partial charge in [0.15, 0.2) is 0 Å². The van der Waals surface area contributed by atoms with Gasteiger partial charge in [0.25, 0.3) is 0 Å². The Bertz CT molecular complexity index is 1040. The van der Waals surface area contributed by atoms with Crippen molar-refractivity contribution in [2.24, 2.45) is 0 Å². The summed E-state index contributed by atoms with van der Waals surface area (Å²) in [6.45, 7) is 1.89. The van der Waals surface area contributed by atoms with E-state index >= 15 is 0 Å². The number of aromatic nitrogens is 1. The minimum atomic E-state index is -4.54. The van der Waals surface area contributed by atoms with Gasteiger partial charge in [-0.2, -0.15) is 13.2 Å². The van der Waals surface area contributed by atoms with Crippen molar-refractivity contribution < 1.29 is 22.7 Å². The Labute approximate surface area is 152 Å². The summed E-state index contributed by atoms with van der Waals surface area (Å²) in [6.07, 6.45) is -3.28. The molecule has 27 heavy (non-hydrogen) atoms. The molecule has 0 atom stereocenters. The number of ether oxygens (including phenoxy) is 1. The lowest BCUT2D eigenvalue weighted by Crippen LogP contribution is -2.21. The van der Waals surface area contributed by atoms with Crippen molar-refractivity contribution in [1.29, 1.82) is 0 Å². The summed E-state index contributed by atoms with van der Waals surface area (Å²) in [5, 5.41) is 0.0319. The maximum Gasteiger partial charge on any atom is 0.416 e. The largest absolute Gasteiger partial charge is 0.462 e. The van der Waals surface area contributed by atoms with Crippen LogP contribution in [0.25, 0.3) is 10.9 Å². The number of alkyl halides is 3. The van der Waals surface area contributed by atoms with Gasteiger partial charge in [-0.1, -0.05) is 30.3 Å². The van der Waals surface area contributed by atoms with E-state index in [1.54, 1.807) is 19.1 Å². The molecule has 3 aromatic rings. The number of hydrogen-bond acceptors (Lipinski definition) is 3. The number of pyridine rings is 1. The average Bonchev–Trinajstić information content (AvgIpc) is 2.64. The molecule has 0 N–H and O–H groups in total. The summed E-state index contributed by atoms with van der Waals surface area (Å²) >= 11 is 0. The number of carbonyl (C=O) groups excluding carboxylic acids is 1. The van der Waals surface area contributed by atoms with E-state index in [2.05, 4.69) is 0 Å². The number of carbonyl (C=O) groups is 1. The molecule has 4 nitrogen and oxygen atoms in total. The van der Waals surface area contributed by atoms with Gasteiger partial charge in [0.1, 0.15) is 5.56 Å². The lowest BCUT2D eigenvalue weighted by molar-refractivity contribution is -0.137. The van der Waals surface area contributed by atoms with E-state index in [0.717, 1.165) is 23.8 Å². The highest BCUT2D eigenvalue weighted by Gasteiger charge is 2.31. The fourth-order valence-corrected chi connectivity index (χ4v) is 2.83. The molecule has 0 saturated heterocycles. The second-order valence-electron chi connectivity index (χ2n) is 5.94. The zero-order chi connectivity index (χ0) is 19.6. The predicted octanol–water partition coefficient (Wildman–Crippen LogP) is 4.25. The Hall–Kier alpha value is -3.09. The van der Waals surface area contributed by atoms with Crippen molar-refractivity contribution in [1.82, 2.24) is 4.57 Å². The van der Waals surface area contributed by atoms with E-state index in [1.807, 2.05) is 18.2 Å². The Morgan fingerprint density at radius 1 is 1.11 bits per heavy atom. The second-order valence-corrected chi connectivity index (χ2v) is 5.94. The van der Waals surface area contributed by atoms with Gasteiger partial charge in [-0.15, -0.1) is 0 Å². The highest BCUT2D eigenvalue weighted by Crippen LogP contribution is 2.31. The third kappa shape index (κ3) is 3.86. The van der Waals surface area contributed by atoms with Crippen molar-refractivity contribution in [3.05, 3.63) is 81.6 Å². The number of esters is 1. The summed E-state index contributed by atoms with van der Waals surface area (Å²) in [7, 11) is 0. The first-order valence-electron chi connectivity index (χ1n) is 8.26. The number of fused-ring (bicyclic) bond motifs is 1. The summed E-state index contributed by atoms with van der Waals surface area (Å²) < 4.78 is 45.7. The van der Waals surface area contributed by atoms with Crippen LogP contribution < -0.4 is 5.43 Å². The van der Waals surface area contributed by atoms with Crippen LogP contribution in [0.3, 0.4) is 0 Å². The van der Waals surface area contributed by atoms with E-state index < -0.39 is 23.1 Å². The van der Waals surface area contributed by atoms with Crippen LogP contribution in [0, 0.1) is 0 Å². The molecule has 0 bridgehead atoms. The topological polar surface area (TPSA) is 48.3 Å². The lowest BCUT2D eigenvalue weighted by Gasteiger charge is -2.15. The highest BCUT2D eigenvalue weighted by atomic mass is 19.4. The van der Waals surface area contributed by atoms with Crippen molar-refractivity contribution >= 4 is 16.9 Å². The minimum absolute atomic E-state index is 0.0319. The Balaban J connectivity index is 2.25. The van der Waals surface area contributed by atoms with Crippen LogP contribution in [0.1, 0.15) is 28.4 Å². The van der Waals surface area contributed by atoms with Crippen LogP contribution in [-0.2, 0) is 17.5 Å². The van der Waals surface area contributed by atoms with Crippen LogP contribution in [0.5, 0.6) is 0 Å². The second kappa shape index (κ2) is 7.26. The number of rotatable bonds is 4. The molecule has 0 saturated carbocycles. The highest BCUT2D eigenvalue weighted by molar-refractivity contribution is 5.94. The third-order valence-electron chi connectivity index (χ3n) is 4.10. The average molecular weight is 375 g/mol. The van der Waals surface area contributed by atoms with Crippen LogP contribution in [0.15, 0.2) is 59.5 Å². The maximum absolute atomic E-state index is 13.1. The van der Waals surface area contributed by atoms with Crippen LogP contribution in [0.2, 0.25) is 0 Å². The van der Waals surface area contributed by atoms with E-state index in [4.69, 9.17) is 4.74 Å². The molecule has 0 radical (unpaired) electrons. The molecule has 140 valence electrons. The molecule has 0 amide bonds. The number of benzene rings is 2. The van der Waals surface area contributed by atoms with Gasteiger partial charge in [0.05, 0.1) is 17.7 Å². The van der Waals surface area contributed by atoms with Crippen molar-refractivity contribution in [3.8, 4) is 0 Å². The first-order valence-corrected chi connectivity index (χ1v) is 8.26. The zero-order valence-corrected chi connectivity index (χ0v) is 14.4. The van der Waals surface area contributed by atoms with Crippen molar-refractivity contribution in [2.45, 2.75) is 19.6 Å². The first-order chi connectivity index (χ1) is 12.8. The summed E-state index contributed by atoms with van der Waals surface area (Å²) in [4.78, 5) is 24.7. The van der Waals surface area contributed by atoms with Crippen LogP contribution in [0.4, 0.5) is 13.2 Å². The summed E-state index contributed by atoms with van der Waals surface area (Å²) in [5.41, 5.74) is -0.803. The Morgan fingerprint density at radius 3 is 2.44 bits per heavy atom. The molecule has 0 aliphatic rings. The van der Waals surface area contributed by atoms with E-state index in [-0.39, 0.29) is 29.6 Å². The molecular formula is C20H16F3NO3. The first kappa shape index (κ1) is 18.7. The van der Waals surface area contributed by atoms with Gasteiger partial charge in [-0.05, 0) is 30.7 Å². The monoisotopic (exact) mass is 375 g/mol. The Kier molecular flexibility index (Phi) is 5.03. The molecule has 0 spiro atoms. The molecule has 1 aromatic heterocycles. The molecule has 7 heteroatoms. The summed E-state index contributed by atoms with van der Waals surface area (Å²) in [5.74, 6) is -0.800. The molecular weight excluding hydrogens is 359 g/mol. The predicted molar refractivity (Wildman–Crippen MR) is 94.7 cm³/mol. The van der Waals surface area contributed by atoms with Gasteiger partial charge in [0.2, 0.25) is 5.43 Å². The van der Waals surface area contributed by atoms with Gasteiger partial charge in [-0.3, -0.25) is 4.79 Å². The van der Waals surface area contributed by atoms with Crippen molar-refractivity contribution in [3.63, 3.8) is 0 Å². The van der Waals surface area contributed by atoms with Gasteiger partial charge < -0.3 is 9.30 Å². The zero-order valence-electron chi connectivity index (χ0n) is 14.4. The fourth-order valence-electron chi connectivity index (χ4n) is 2.83. The third-order valence-corrected chi connectivity index (χ3v) is 4.10. The Morgan fingerprint density at radius 2 is 1.81 bits per heavy atom. The normalized spacial score (nSPS) is 11.6. The van der Waals surface area contributed by atoms with E-state index in [1.165, 1.54) is 10.8 Å². The molecule has 2 aromatic carbocycles. The van der Waals surface area contributed by atoms with Crippen LogP contribution >= 0.6 is 0 Å². The minimum Gasteiger partial charge on any atom is -0.462 e. The van der Waals surface area contributed by atoms with E-state index in [9.17, 15) is 22.8 Å².